The molecular weight excluding hydrogens is 256 g/mol. The molecule has 1 spiro atoms. The number of amides is 1. The summed E-state index contributed by atoms with van der Waals surface area (Å²) in [4.78, 5) is 22.6. The van der Waals surface area contributed by atoms with Crippen LogP contribution in [0.2, 0.25) is 0 Å². The number of rotatable bonds is 7. The van der Waals surface area contributed by atoms with Crippen molar-refractivity contribution in [3.8, 4) is 0 Å². The van der Waals surface area contributed by atoms with Gasteiger partial charge in [0.25, 0.3) is 0 Å². The zero-order valence-electron chi connectivity index (χ0n) is 12.3. The van der Waals surface area contributed by atoms with Gasteiger partial charge in [-0.15, -0.1) is 0 Å². The van der Waals surface area contributed by atoms with Gasteiger partial charge in [-0.2, -0.15) is 0 Å². The van der Waals surface area contributed by atoms with E-state index in [1.165, 1.54) is 0 Å². The molecule has 1 heterocycles. The van der Waals surface area contributed by atoms with E-state index in [9.17, 15) is 9.59 Å². The Morgan fingerprint density at radius 1 is 1.35 bits per heavy atom. The minimum absolute atomic E-state index is 0.206. The van der Waals surface area contributed by atoms with Crippen LogP contribution in [0.15, 0.2) is 0 Å². The zero-order chi connectivity index (χ0) is 14.6. The number of nitrogens with one attached hydrogen (secondary N) is 2. The Bertz CT molecular complexity index is 364. The number of carbonyl (C=O) groups is 2. The lowest BCUT2D eigenvalue weighted by atomic mass is 9.91. The maximum atomic E-state index is 12.1. The fourth-order valence-electron chi connectivity index (χ4n) is 3.27. The van der Waals surface area contributed by atoms with Gasteiger partial charge < -0.3 is 15.7 Å². The smallest absolute Gasteiger partial charge is 0.303 e. The lowest BCUT2D eigenvalue weighted by Gasteiger charge is -2.23. The number of piperidine rings is 1. The van der Waals surface area contributed by atoms with E-state index in [1.54, 1.807) is 0 Å². The lowest BCUT2D eigenvalue weighted by molar-refractivity contribution is -0.137. The van der Waals surface area contributed by atoms with Crippen LogP contribution in [0.3, 0.4) is 0 Å². The monoisotopic (exact) mass is 282 g/mol. The topological polar surface area (TPSA) is 78.4 Å². The Labute approximate surface area is 120 Å². The van der Waals surface area contributed by atoms with Crippen LogP contribution in [-0.2, 0) is 9.59 Å². The van der Waals surface area contributed by atoms with Gasteiger partial charge in [0.1, 0.15) is 0 Å². The fraction of sp³-hybridized carbons (Fsp3) is 0.867. The highest BCUT2D eigenvalue weighted by Gasteiger charge is 2.57. The van der Waals surface area contributed by atoms with Crippen LogP contribution in [0.1, 0.15) is 45.4 Å². The van der Waals surface area contributed by atoms with Crippen molar-refractivity contribution >= 4 is 11.9 Å². The molecule has 2 rings (SSSR count). The summed E-state index contributed by atoms with van der Waals surface area (Å²) in [6.45, 7) is 4.79. The second-order valence-electron chi connectivity index (χ2n) is 6.49. The molecule has 0 radical (unpaired) electrons. The summed E-state index contributed by atoms with van der Waals surface area (Å²) in [5.41, 5.74) is 0.296. The quantitative estimate of drug-likeness (QED) is 0.659. The van der Waals surface area contributed by atoms with E-state index in [0.717, 1.165) is 38.8 Å². The van der Waals surface area contributed by atoms with Crippen molar-refractivity contribution in [1.82, 2.24) is 10.6 Å². The molecule has 2 aliphatic rings. The molecule has 5 heteroatoms. The van der Waals surface area contributed by atoms with Crippen molar-refractivity contribution < 1.29 is 14.7 Å². The predicted molar refractivity (Wildman–Crippen MR) is 76.3 cm³/mol. The normalized spacial score (nSPS) is 25.1. The van der Waals surface area contributed by atoms with Crippen molar-refractivity contribution in [2.24, 2.45) is 17.3 Å². The Morgan fingerprint density at radius 2 is 2.05 bits per heavy atom. The van der Waals surface area contributed by atoms with Crippen molar-refractivity contribution in [3.05, 3.63) is 0 Å². The van der Waals surface area contributed by atoms with Crippen LogP contribution in [0.5, 0.6) is 0 Å². The minimum atomic E-state index is -0.744. The first-order valence-electron chi connectivity index (χ1n) is 7.74. The van der Waals surface area contributed by atoms with Crippen molar-refractivity contribution in [2.45, 2.75) is 45.4 Å². The van der Waals surface area contributed by atoms with Crippen LogP contribution in [0.25, 0.3) is 0 Å². The zero-order valence-corrected chi connectivity index (χ0v) is 12.3. The van der Waals surface area contributed by atoms with E-state index >= 15 is 0 Å². The van der Waals surface area contributed by atoms with E-state index < -0.39 is 5.97 Å². The molecule has 0 bridgehead atoms. The second-order valence-corrected chi connectivity index (χ2v) is 6.49. The summed E-state index contributed by atoms with van der Waals surface area (Å²) in [6, 6.07) is 0. The highest BCUT2D eigenvalue weighted by molar-refractivity contribution is 5.82. The third-order valence-electron chi connectivity index (χ3n) is 4.89. The van der Waals surface area contributed by atoms with Gasteiger partial charge >= 0.3 is 5.97 Å². The summed E-state index contributed by atoms with van der Waals surface area (Å²) in [7, 11) is 0. The van der Waals surface area contributed by atoms with Crippen molar-refractivity contribution in [1.29, 1.82) is 0 Å². The standard InChI is InChI=1S/C15H26N2O3/c1-11(2-3-13(18)19)4-7-17-14(20)12-10-15(12)5-8-16-9-6-15/h11-12,16H,2-10H2,1H3,(H,17,20)(H,18,19). The molecule has 1 saturated heterocycles. The number of carbonyl (C=O) groups excluding carboxylic acids is 1. The third-order valence-corrected chi connectivity index (χ3v) is 4.89. The summed E-state index contributed by atoms with van der Waals surface area (Å²) >= 11 is 0. The molecule has 0 aromatic rings. The van der Waals surface area contributed by atoms with E-state index in [-0.39, 0.29) is 18.2 Å². The van der Waals surface area contributed by atoms with E-state index in [2.05, 4.69) is 10.6 Å². The molecule has 1 saturated carbocycles. The minimum Gasteiger partial charge on any atom is -0.481 e. The number of hydrogen-bond acceptors (Lipinski definition) is 3. The van der Waals surface area contributed by atoms with Gasteiger partial charge in [-0.1, -0.05) is 6.92 Å². The molecule has 1 aliphatic heterocycles. The molecule has 1 aliphatic carbocycles. The summed E-state index contributed by atoms with van der Waals surface area (Å²) in [6.07, 6.45) is 5.06. The molecule has 20 heavy (non-hydrogen) atoms. The molecule has 0 aromatic heterocycles. The van der Waals surface area contributed by atoms with Crippen LogP contribution >= 0.6 is 0 Å². The number of hydrogen-bond donors (Lipinski definition) is 3. The summed E-state index contributed by atoms with van der Waals surface area (Å²) in [5.74, 6) is 0.0291. The highest BCUT2D eigenvalue weighted by Crippen LogP contribution is 2.58. The van der Waals surface area contributed by atoms with Crippen molar-refractivity contribution in [3.63, 3.8) is 0 Å². The predicted octanol–water partition coefficient (Wildman–Crippen LogP) is 1.38. The SMILES string of the molecule is CC(CCNC(=O)C1CC12CCNCC2)CCC(=O)O. The van der Waals surface area contributed by atoms with Gasteiger partial charge in [-0.25, -0.2) is 0 Å². The first-order valence-corrected chi connectivity index (χ1v) is 7.74. The van der Waals surface area contributed by atoms with Crippen LogP contribution < -0.4 is 10.6 Å². The van der Waals surface area contributed by atoms with Crippen LogP contribution in [-0.4, -0.2) is 36.6 Å². The van der Waals surface area contributed by atoms with E-state index in [4.69, 9.17) is 5.11 Å². The molecule has 3 N–H and O–H groups in total. The van der Waals surface area contributed by atoms with E-state index in [1.807, 2.05) is 6.92 Å². The average molecular weight is 282 g/mol. The number of carboxylic acid groups (broad SMARTS) is 1. The average Bonchev–Trinajstić information content (AvgIpc) is 3.10. The Kier molecular flexibility index (Phi) is 5.02. The van der Waals surface area contributed by atoms with Gasteiger partial charge in [0, 0.05) is 18.9 Å². The van der Waals surface area contributed by atoms with Gasteiger partial charge in [-0.05, 0) is 56.5 Å². The first kappa shape index (κ1) is 15.3. The Morgan fingerprint density at radius 3 is 2.70 bits per heavy atom. The summed E-state index contributed by atoms with van der Waals surface area (Å²) < 4.78 is 0. The number of carboxylic acids is 1. The van der Waals surface area contributed by atoms with Gasteiger partial charge in [-0.3, -0.25) is 9.59 Å². The first-order chi connectivity index (χ1) is 9.53. The third kappa shape index (κ3) is 3.95. The largest absolute Gasteiger partial charge is 0.481 e. The van der Waals surface area contributed by atoms with Gasteiger partial charge in [0.2, 0.25) is 5.91 Å². The van der Waals surface area contributed by atoms with Crippen LogP contribution in [0, 0.1) is 17.3 Å². The molecule has 2 unspecified atom stereocenters. The molecule has 2 fully saturated rings. The fourth-order valence-corrected chi connectivity index (χ4v) is 3.27. The second kappa shape index (κ2) is 6.57. The molecule has 0 aromatic carbocycles. The number of aliphatic carboxylic acids is 1. The van der Waals surface area contributed by atoms with E-state index in [0.29, 0.717) is 24.3 Å². The molecule has 114 valence electrons. The lowest BCUT2D eigenvalue weighted by Crippen LogP contribution is -2.34. The molecule has 1 amide bonds. The Balaban J connectivity index is 1.60. The summed E-state index contributed by atoms with van der Waals surface area (Å²) in [5, 5.41) is 15.0. The highest BCUT2D eigenvalue weighted by atomic mass is 16.4. The van der Waals surface area contributed by atoms with Crippen LogP contribution in [0.4, 0.5) is 0 Å². The van der Waals surface area contributed by atoms with Crippen molar-refractivity contribution in [2.75, 3.05) is 19.6 Å². The molecule has 5 nitrogen and oxygen atoms in total. The van der Waals surface area contributed by atoms with Gasteiger partial charge in [0.05, 0.1) is 0 Å². The molecule has 2 atom stereocenters. The maximum Gasteiger partial charge on any atom is 0.303 e. The Hall–Kier alpha value is -1.10. The molecular formula is C15H26N2O3. The van der Waals surface area contributed by atoms with Gasteiger partial charge in [0.15, 0.2) is 0 Å². The maximum absolute atomic E-state index is 12.1.